The van der Waals surface area contributed by atoms with Crippen molar-refractivity contribution in [2.75, 3.05) is 20.8 Å². The maximum atomic E-state index is 13.8. The zero-order chi connectivity index (χ0) is 31.7. The molecule has 0 saturated heterocycles. The molecule has 2 heterocycles. The topological polar surface area (TPSA) is 83.0 Å². The fraction of sp³-hybridized carbons (Fsp3) is 0.184. The summed E-state index contributed by atoms with van der Waals surface area (Å²) < 4.78 is 23.7. The zero-order valence-corrected chi connectivity index (χ0v) is 25.8. The molecule has 0 radical (unpaired) electrons. The third-order valence-corrected chi connectivity index (χ3v) is 7.88. The third kappa shape index (κ3) is 7.02. The van der Waals surface area contributed by atoms with Crippen molar-refractivity contribution in [3.63, 3.8) is 0 Å². The van der Waals surface area contributed by atoms with Crippen molar-refractivity contribution < 1.29 is 23.7 Å². The molecule has 8 heteroatoms. The number of carbonyl (C=O) groups excluding carboxylic acids is 1. The van der Waals surface area contributed by atoms with E-state index in [9.17, 15) is 4.79 Å². The largest absolute Gasteiger partial charge is 0.493 e. The Kier molecular flexibility index (Phi) is 9.54. The predicted octanol–water partition coefficient (Wildman–Crippen LogP) is 7.10. The summed E-state index contributed by atoms with van der Waals surface area (Å²) in [4.78, 5) is 24.0. The van der Waals surface area contributed by atoms with Gasteiger partial charge in [0.15, 0.2) is 23.0 Å². The maximum absolute atomic E-state index is 13.8. The van der Waals surface area contributed by atoms with Crippen molar-refractivity contribution in [2.24, 2.45) is 0 Å². The van der Waals surface area contributed by atoms with E-state index in [0.29, 0.717) is 54.9 Å². The number of rotatable bonds is 11. The Balaban J connectivity index is 1.32. The summed E-state index contributed by atoms with van der Waals surface area (Å²) in [6, 6.07) is 29.4. The van der Waals surface area contributed by atoms with E-state index in [1.165, 1.54) is 12.4 Å². The number of carbonyl (C=O) groups is 1. The van der Waals surface area contributed by atoms with Gasteiger partial charge in [0.25, 0.3) is 5.91 Å². The van der Waals surface area contributed by atoms with Gasteiger partial charge in [-0.05, 0) is 58.5 Å². The summed E-state index contributed by atoms with van der Waals surface area (Å²) in [5.41, 5.74) is 5.36. The van der Waals surface area contributed by atoms with Crippen LogP contribution in [0.15, 0.2) is 116 Å². The lowest BCUT2D eigenvalue weighted by Crippen LogP contribution is -2.39. The van der Waals surface area contributed by atoms with Crippen LogP contribution < -0.4 is 18.9 Å². The second-order valence-corrected chi connectivity index (χ2v) is 10.8. The molecule has 5 aromatic rings. The molecule has 6 rings (SSSR count). The van der Waals surface area contributed by atoms with Crippen LogP contribution in [-0.4, -0.2) is 41.5 Å². The Bertz CT molecular complexity index is 1800. The smallest absolute Gasteiger partial charge is 0.274 e. The fourth-order valence-corrected chi connectivity index (χ4v) is 5.50. The number of fused-ring (bicyclic) bond motifs is 1. The van der Waals surface area contributed by atoms with Gasteiger partial charge in [-0.3, -0.25) is 9.78 Å². The number of benzene rings is 4. The van der Waals surface area contributed by atoms with Crippen LogP contribution >= 0.6 is 0 Å². The molecule has 0 aliphatic carbocycles. The molecule has 0 saturated carbocycles. The van der Waals surface area contributed by atoms with Crippen LogP contribution in [0.2, 0.25) is 0 Å². The summed E-state index contributed by atoms with van der Waals surface area (Å²) in [5, 5.41) is 0. The molecule has 1 aliphatic rings. The van der Waals surface area contributed by atoms with Crippen LogP contribution in [-0.2, 0) is 19.6 Å². The van der Waals surface area contributed by atoms with Crippen LogP contribution in [0.1, 0.15) is 44.3 Å². The fourth-order valence-electron chi connectivity index (χ4n) is 5.50. The first-order valence-electron chi connectivity index (χ1n) is 15.1. The molecular weight excluding hydrogens is 578 g/mol. The monoisotopic (exact) mass is 613 g/mol. The van der Waals surface area contributed by atoms with E-state index in [0.717, 1.165) is 27.8 Å². The molecule has 1 aromatic heterocycles. The highest BCUT2D eigenvalue weighted by atomic mass is 16.5. The molecule has 232 valence electrons. The van der Waals surface area contributed by atoms with E-state index in [1.807, 2.05) is 108 Å². The molecule has 1 unspecified atom stereocenters. The summed E-state index contributed by atoms with van der Waals surface area (Å²) in [5.74, 6) is 2.34. The van der Waals surface area contributed by atoms with E-state index in [2.05, 4.69) is 9.97 Å². The average molecular weight is 614 g/mol. The van der Waals surface area contributed by atoms with Crippen LogP contribution in [0.5, 0.6) is 23.0 Å². The van der Waals surface area contributed by atoms with Gasteiger partial charge < -0.3 is 23.8 Å². The van der Waals surface area contributed by atoms with Gasteiger partial charge in [-0.1, -0.05) is 78.9 Å². The number of ether oxygens (including phenoxy) is 4. The standard InChI is InChI=1S/C38H35N3O5/c1-43-34-16-14-27(21-36(34)45-25-28-9-5-3-6-10-28)13-15-33-31-23-35(44-2)37(46-26-29-11-7-4-8-12-29)22-30(31)17-20-41(33)38(42)32-24-39-18-19-40-32/h3-16,18-19,21-24,33H,17,20,25-26H2,1-2H3. The second kappa shape index (κ2) is 14.4. The van der Waals surface area contributed by atoms with Gasteiger partial charge in [-0.25, -0.2) is 4.98 Å². The third-order valence-electron chi connectivity index (χ3n) is 7.88. The summed E-state index contributed by atoms with van der Waals surface area (Å²) >= 11 is 0. The number of hydrogen-bond acceptors (Lipinski definition) is 7. The van der Waals surface area contributed by atoms with Crippen molar-refractivity contribution >= 4 is 12.0 Å². The minimum Gasteiger partial charge on any atom is -0.493 e. The van der Waals surface area contributed by atoms with Crippen LogP contribution in [0.4, 0.5) is 0 Å². The van der Waals surface area contributed by atoms with Crippen molar-refractivity contribution in [3.05, 3.63) is 149 Å². The molecule has 8 nitrogen and oxygen atoms in total. The quantitative estimate of drug-likeness (QED) is 0.157. The molecule has 0 N–H and O–H groups in total. The van der Waals surface area contributed by atoms with Crippen LogP contribution in [0.3, 0.4) is 0 Å². The van der Waals surface area contributed by atoms with Crippen molar-refractivity contribution in [3.8, 4) is 23.0 Å². The highest BCUT2D eigenvalue weighted by Gasteiger charge is 2.32. The van der Waals surface area contributed by atoms with Gasteiger partial charge in [0.1, 0.15) is 18.9 Å². The van der Waals surface area contributed by atoms with Crippen molar-refractivity contribution in [1.29, 1.82) is 0 Å². The molecule has 1 atom stereocenters. The lowest BCUT2D eigenvalue weighted by Gasteiger charge is -2.36. The number of amides is 1. The van der Waals surface area contributed by atoms with E-state index in [-0.39, 0.29) is 5.91 Å². The normalized spacial score (nSPS) is 14.0. The van der Waals surface area contributed by atoms with E-state index < -0.39 is 6.04 Å². The van der Waals surface area contributed by atoms with Gasteiger partial charge in [0.2, 0.25) is 0 Å². The van der Waals surface area contributed by atoms with Gasteiger partial charge in [-0.15, -0.1) is 0 Å². The van der Waals surface area contributed by atoms with E-state index in [4.69, 9.17) is 18.9 Å². The predicted molar refractivity (Wildman–Crippen MR) is 176 cm³/mol. The average Bonchev–Trinajstić information content (AvgIpc) is 3.12. The number of hydrogen-bond donors (Lipinski definition) is 0. The Labute approximate surface area is 268 Å². The first-order valence-corrected chi connectivity index (χ1v) is 15.1. The maximum Gasteiger partial charge on any atom is 0.274 e. The van der Waals surface area contributed by atoms with Crippen molar-refractivity contribution in [1.82, 2.24) is 14.9 Å². The highest BCUT2D eigenvalue weighted by molar-refractivity contribution is 5.92. The summed E-state index contributed by atoms with van der Waals surface area (Å²) in [6.45, 7) is 1.33. The summed E-state index contributed by atoms with van der Waals surface area (Å²) in [7, 11) is 3.25. The number of aromatic nitrogens is 2. The van der Waals surface area contributed by atoms with Gasteiger partial charge >= 0.3 is 0 Å². The molecule has 0 spiro atoms. The highest BCUT2D eigenvalue weighted by Crippen LogP contribution is 2.40. The van der Waals surface area contributed by atoms with E-state index in [1.54, 1.807) is 20.4 Å². The Morgan fingerprint density at radius 2 is 1.48 bits per heavy atom. The molecule has 46 heavy (non-hydrogen) atoms. The lowest BCUT2D eigenvalue weighted by molar-refractivity contribution is 0.0694. The van der Waals surface area contributed by atoms with Gasteiger partial charge in [0, 0.05) is 18.9 Å². The van der Waals surface area contributed by atoms with Crippen molar-refractivity contribution in [2.45, 2.75) is 25.7 Å². The minimum absolute atomic E-state index is 0.196. The lowest BCUT2D eigenvalue weighted by atomic mass is 9.90. The molecule has 0 fully saturated rings. The van der Waals surface area contributed by atoms with Gasteiger partial charge in [-0.2, -0.15) is 0 Å². The van der Waals surface area contributed by atoms with Crippen LogP contribution in [0, 0.1) is 0 Å². The first kappa shape index (κ1) is 30.4. The SMILES string of the molecule is COc1ccc(C=CC2c3cc(OC)c(OCc4ccccc4)cc3CCN2C(=O)c2cnccn2)cc1OCc1ccccc1. The molecule has 4 aromatic carbocycles. The minimum atomic E-state index is -0.397. The van der Waals surface area contributed by atoms with Gasteiger partial charge in [0.05, 0.1) is 26.5 Å². The summed E-state index contributed by atoms with van der Waals surface area (Å²) in [6.07, 6.45) is 9.26. The Morgan fingerprint density at radius 1 is 0.804 bits per heavy atom. The molecule has 1 aliphatic heterocycles. The van der Waals surface area contributed by atoms with Crippen LogP contribution in [0.25, 0.3) is 6.08 Å². The first-order chi connectivity index (χ1) is 22.6. The second-order valence-electron chi connectivity index (χ2n) is 10.8. The Morgan fingerprint density at radius 3 is 2.11 bits per heavy atom. The number of nitrogens with zero attached hydrogens (tertiary/aromatic N) is 3. The van der Waals surface area contributed by atoms with E-state index >= 15 is 0 Å². The number of methoxy groups -OCH3 is 2. The Hall–Kier alpha value is -5.63. The zero-order valence-electron chi connectivity index (χ0n) is 25.8. The molecular formula is C38H35N3O5. The molecule has 1 amide bonds. The molecule has 0 bridgehead atoms.